The van der Waals surface area contributed by atoms with Crippen molar-refractivity contribution >= 4 is 62.3 Å². The molecular formula is C25H32Cl3N3O4S. The predicted molar refractivity (Wildman–Crippen MR) is 147 cm³/mol. The number of nitrogens with zero attached hydrogens (tertiary/aromatic N) is 2. The average molecular weight is 577 g/mol. The van der Waals surface area contributed by atoms with Gasteiger partial charge in [-0.3, -0.25) is 13.9 Å². The summed E-state index contributed by atoms with van der Waals surface area (Å²) < 4.78 is 26.4. The van der Waals surface area contributed by atoms with Crippen LogP contribution in [0.3, 0.4) is 0 Å². The van der Waals surface area contributed by atoms with Gasteiger partial charge in [0.25, 0.3) is 0 Å². The summed E-state index contributed by atoms with van der Waals surface area (Å²) in [5.41, 5.74) is 1.81. The molecule has 0 aliphatic carbocycles. The Labute approximate surface area is 228 Å². The third kappa shape index (κ3) is 8.00. The Morgan fingerprint density at radius 1 is 1.03 bits per heavy atom. The van der Waals surface area contributed by atoms with Gasteiger partial charge in [-0.1, -0.05) is 79.8 Å². The Balaban J connectivity index is 2.50. The van der Waals surface area contributed by atoms with Gasteiger partial charge in [-0.05, 0) is 42.5 Å². The van der Waals surface area contributed by atoms with Gasteiger partial charge < -0.3 is 10.2 Å². The van der Waals surface area contributed by atoms with E-state index in [2.05, 4.69) is 5.32 Å². The molecular weight excluding hydrogens is 545 g/mol. The lowest BCUT2D eigenvalue weighted by molar-refractivity contribution is -0.140. The lowest BCUT2D eigenvalue weighted by Crippen LogP contribution is -2.52. The number of benzene rings is 2. The summed E-state index contributed by atoms with van der Waals surface area (Å²) in [4.78, 5) is 28.2. The highest BCUT2D eigenvalue weighted by molar-refractivity contribution is 7.92. The van der Waals surface area contributed by atoms with Gasteiger partial charge in [0, 0.05) is 13.1 Å². The number of amides is 2. The zero-order valence-corrected chi connectivity index (χ0v) is 24.1. The molecule has 0 aromatic heterocycles. The molecule has 0 aliphatic rings. The van der Waals surface area contributed by atoms with Crippen LogP contribution in [0.4, 0.5) is 5.69 Å². The van der Waals surface area contributed by atoms with Crippen LogP contribution in [-0.2, 0) is 26.2 Å². The van der Waals surface area contributed by atoms with Gasteiger partial charge in [0.1, 0.15) is 12.6 Å². The molecule has 0 aliphatic heterocycles. The van der Waals surface area contributed by atoms with E-state index in [0.29, 0.717) is 13.0 Å². The second kappa shape index (κ2) is 13.0. The van der Waals surface area contributed by atoms with Crippen LogP contribution in [0.5, 0.6) is 0 Å². The Morgan fingerprint density at radius 3 is 2.19 bits per heavy atom. The van der Waals surface area contributed by atoms with E-state index in [-0.39, 0.29) is 39.1 Å². The van der Waals surface area contributed by atoms with Crippen LogP contribution in [0, 0.1) is 12.8 Å². The topological polar surface area (TPSA) is 86.8 Å². The van der Waals surface area contributed by atoms with Crippen LogP contribution >= 0.6 is 34.8 Å². The quantitative estimate of drug-likeness (QED) is 0.368. The highest BCUT2D eigenvalue weighted by Crippen LogP contribution is 2.35. The molecule has 36 heavy (non-hydrogen) atoms. The van der Waals surface area contributed by atoms with E-state index in [1.165, 1.54) is 17.0 Å². The minimum absolute atomic E-state index is 0.0230. The van der Waals surface area contributed by atoms with Crippen LogP contribution in [0.1, 0.15) is 38.3 Å². The standard InChI is InChI=1S/C25H32Cl3N3O4S/c1-6-22(25(33)29-13-16(2)3)30(14-18-10-8-7-9-17(18)4)24(32)15-31(36(5,34)35)23-12-20(27)19(26)11-21(23)28/h7-12,16,22H,6,13-15H2,1-5H3,(H,29,33)/t22-/m1/s1. The number of hydrogen-bond acceptors (Lipinski definition) is 4. The molecule has 2 aromatic rings. The summed E-state index contributed by atoms with van der Waals surface area (Å²) in [5, 5.41) is 3.16. The first kappa shape index (κ1) is 30.2. The average Bonchev–Trinajstić information content (AvgIpc) is 2.78. The first-order valence-electron chi connectivity index (χ1n) is 11.5. The molecule has 11 heteroatoms. The molecule has 0 heterocycles. The SMILES string of the molecule is CC[C@H](C(=O)NCC(C)C)N(Cc1ccccc1C)C(=O)CN(c1cc(Cl)c(Cl)cc1Cl)S(C)(=O)=O. The second-order valence-electron chi connectivity index (χ2n) is 9.00. The molecule has 0 unspecified atom stereocenters. The number of carbonyl (C=O) groups excluding carboxylic acids is 2. The minimum Gasteiger partial charge on any atom is -0.354 e. The summed E-state index contributed by atoms with van der Waals surface area (Å²) in [5.74, 6) is -0.631. The zero-order valence-electron chi connectivity index (χ0n) is 21.0. The Kier molecular flexibility index (Phi) is 10.9. The number of aryl methyl sites for hydroxylation is 1. The maximum Gasteiger partial charge on any atom is 0.244 e. The Morgan fingerprint density at radius 2 is 1.64 bits per heavy atom. The van der Waals surface area contributed by atoms with Gasteiger partial charge in [0.15, 0.2) is 0 Å². The molecule has 2 amide bonds. The summed E-state index contributed by atoms with van der Waals surface area (Å²) in [7, 11) is -3.95. The monoisotopic (exact) mass is 575 g/mol. The number of anilines is 1. The normalized spacial score (nSPS) is 12.4. The number of rotatable bonds is 11. The van der Waals surface area contributed by atoms with Gasteiger partial charge in [0.05, 0.1) is 27.0 Å². The number of hydrogen-bond donors (Lipinski definition) is 1. The smallest absolute Gasteiger partial charge is 0.244 e. The van der Waals surface area contributed by atoms with Crippen molar-refractivity contribution in [1.29, 1.82) is 0 Å². The number of carbonyl (C=O) groups is 2. The fourth-order valence-corrected chi connectivity index (χ4v) is 5.16. The molecule has 0 radical (unpaired) electrons. The molecule has 198 valence electrons. The Hall–Kier alpha value is -2.00. The van der Waals surface area contributed by atoms with Crippen LogP contribution in [0.15, 0.2) is 36.4 Å². The fraction of sp³-hybridized carbons (Fsp3) is 0.440. The van der Waals surface area contributed by atoms with E-state index < -0.39 is 28.5 Å². The van der Waals surface area contributed by atoms with Crippen LogP contribution in [0.2, 0.25) is 15.1 Å². The van der Waals surface area contributed by atoms with Gasteiger partial charge in [-0.25, -0.2) is 8.42 Å². The summed E-state index contributed by atoms with van der Waals surface area (Å²) in [6, 6.07) is 9.34. The zero-order chi connectivity index (χ0) is 27.2. The van der Waals surface area contributed by atoms with Gasteiger partial charge in [0.2, 0.25) is 21.8 Å². The van der Waals surface area contributed by atoms with Crippen molar-refractivity contribution in [3.8, 4) is 0 Å². The van der Waals surface area contributed by atoms with Crippen molar-refractivity contribution in [2.45, 2.75) is 46.7 Å². The summed E-state index contributed by atoms with van der Waals surface area (Å²) >= 11 is 18.4. The predicted octanol–water partition coefficient (Wildman–Crippen LogP) is 5.30. The largest absolute Gasteiger partial charge is 0.354 e. The number of halogens is 3. The highest BCUT2D eigenvalue weighted by Gasteiger charge is 2.32. The van der Waals surface area contributed by atoms with Gasteiger partial charge >= 0.3 is 0 Å². The van der Waals surface area contributed by atoms with Crippen LogP contribution < -0.4 is 9.62 Å². The molecule has 2 aromatic carbocycles. The maximum atomic E-state index is 13.7. The number of sulfonamides is 1. The first-order valence-corrected chi connectivity index (χ1v) is 14.5. The van der Waals surface area contributed by atoms with Crippen molar-refractivity contribution in [1.82, 2.24) is 10.2 Å². The van der Waals surface area contributed by atoms with E-state index in [9.17, 15) is 18.0 Å². The summed E-state index contributed by atoms with van der Waals surface area (Å²) in [6.07, 6.45) is 1.31. The maximum absolute atomic E-state index is 13.7. The molecule has 1 N–H and O–H groups in total. The van der Waals surface area contributed by atoms with E-state index in [0.717, 1.165) is 21.7 Å². The molecule has 2 rings (SSSR count). The van der Waals surface area contributed by atoms with Crippen molar-refractivity contribution in [3.63, 3.8) is 0 Å². The lowest BCUT2D eigenvalue weighted by atomic mass is 10.1. The molecule has 0 fully saturated rings. The Bertz CT molecular complexity index is 1210. The second-order valence-corrected chi connectivity index (χ2v) is 12.1. The summed E-state index contributed by atoms with van der Waals surface area (Å²) in [6.45, 7) is 7.68. The molecule has 0 saturated carbocycles. The van der Waals surface area contributed by atoms with E-state index in [1.54, 1.807) is 0 Å². The van der Waals surface area contributed by atoms with Crippen molar-refractivity contribution < 1.29 is 18.0 Å². The lowest BCUT2D eigenvalue weighted by Gasteiger charge is -2.33. The first-order chi connectivity index (χ1) is 16.8. The molecule has 7 nitrogen and oxygen atoms in total. The van der Waals surface area contributed by atoms with E-state index >= 15 is 0 Å². The van der Waals surface area contributed by atoms with E-state index in [4.69, 9.17) is 34.8 Å². The van der Waals surface area contributed by atoms with Crippen molar-refractivity contribution in [2.75, 3.05) is 23.7 Å². The molecule has 0 spiro atoms. The van der Waals surface area contributed by atoms with Crippen LogP contribution in [0.25, 0.3) is 0 Å². The highest BCUT2D eigenvalue weighted by atomic mass is 35.5. The van der Waals surface area contributed by atoms with Gasteiger partial charge in [-0.2, -0.15) is 0 Å². The third-order valence-corrected chi connectivity index (χ3v) is 7.76. The molecule has 0 bridgehead atoms. The van der Waals surface area contributed by atoms with Gasteiger partial charge in [-0.15, -0.1) is 0 Å². The third-order valence-electron chi connectivity index (χ3n) is 5.61. The fourth-order valence-electron chi connectivity index (χ4n) is 3.61. The van der Waals surface area contributed by atoms with Crippen molar-refractivity contribution in [3.05, 3.63) is 62.6 Å². The molecule has 0 saturated heterocycles. The number of nitrogens with one attached hydrogen (secondary N) is 1. The van der Waals surface area contributed by atoms with Crippen molar-refractivity contribution in [2.24, 2.45) is 5.92 Å². The van der Waals surface area contributed by atoms with Crippen LogP contribution in [-0.4, -0.2) is 50.5 Å². The molecule has 1 atom stereocenters. The van der Waals surface area contributed by atoms with E-state index in [1.807, 2.05) is 52.0 Å². The minimum atomic E-state index is -3.95.